The smallest absolute Gasteiger partial charge is 0.270 e. The number of likely N-dealkylation sites (N-methyl/N-ethyl adjacent to an activating group) is 1. The van der Waals surface area contributed by atoms with Crippen molar-refractivity contribution < 1.29 is 4.79 Å². The first-order chi connectivity index (χ1) is 11.9. The van der Waals surface area contributed by atoms with Gasteiger partial charge in [0.25, 0.3) is 5.91 Å². The number of amides is 1. The predicted octanol–water partition coefficient (Wildman–Crippen LogP) is 5.26. The van der Waals surface area contributed by atoms with Gasteiger partial charge in [-0.05, 0) is 57.3 Å². The molecule has 0 saturated heterocycles. The molecule has 1 aromatic carbocycles. The van der Waals surface area contributed by atoms with E-state index < -0.39 is 0 Å². The zero-order valence-corrected chi connectivity index (χ0v) is 18.3. The SMILES string of the molecule is Cc1ccc2sc(N(CCN(C)C)C(=O)c3ccc(Cl)s3)nc2c1C.Cl. The number of fused-ring (bicyclic) bond motifs is 1. The zero-order chi connectivity index (χ0) is 18.1. The molecule has 140 valence electrons. The molecule has 3 rings (SSSR count). The first-order valence-corrected chi connectivity index (χ1v) is 9.96. The monoisotopic (exact) mass is 429 g/mol. The van der Waals surface area contributed by atoms with Gasteiger partial charge in [0.05, 0.1) is 19.4 Å². The summed E-state index contributed by atoms with van der Waals surface area (Å²) in [4.78, 5) is 22.3. The molecule has 8 heteroatoms. The van der Waals surface area contributed by atoms with Crippen LogP contribution in [0.5, 0.6) is 0 Å². The molecule has 2 heterocycles. The Morgan fingerprint density at radius 1 is 1.12 bits per heavy atom. The molecule has 1 amide bonds. The maximum absolute atomic E-state index is 13.0. The minimum Gasteiger partial charge on any atom is -0.308 e. The van der Waals surface area contributed by atoms with Gasteiger partial charge in [0.2, 0.25) is 0 Å². The number of thiazole rings is 1. The highest BCUT2D eigenvalue weighted by Gasteiger charge is 2.23. The molecule has 0 unspecified atom stereocenters. The van der Waals surface area contributed by atoms with Gasteiger partial charge in [-0.3, -0.25) is 9.69 Å². The number of nitrogens with zero attached hydrogens (tertiary/aromatic N) is 3. The van der Waals surface area contributed by atoms with Crippen molar-refractivity contribution in [1.29, 1.82) is 0 Å². The number of hydrogen-bond donors (Lipinski definition) is 0. The third-order valence-electron chi connectivity index (χ3n) is 4.10. The summed E-state index contributed by atoms with van der Waals surface area (Å²) < 4.78 is 1.72. The van der Waals surface area contributed by atoms with Crippen LogP contribution < -0.4 is 4.90 Å². The topological polar surface area (TPSA) is 36.4 Å². The molecule has 4 nitrogen and oxygen atoms in total. The number of carbonyl (C=O) groups is 1. The number of aromatic nitrogens is 1. The molecule has 0 aliphatic carbocycles. The summed E-state index contributed by atoms with van der Waals surface area (Å²) in [6.07, 6.45) is 0. The Bertz CT molecular complexity index is 920. The summed E-state index contributed by atoms with van der Waals surface area (Å²) in [6, 6.07) is 7.72. The quantitative estimate of drug-likeness (QED) is 0.554. The van der Waals surface area contributed by atoms with Crippen LogP contribution in [-0.2, 0) is 0 Å². The summed E-state index contributed by atoms with van der Waals surface area (Å²) in [7, 11) is 3.99. The number of hydrogen-bond acceptors (Lipinski definition) is 5. The average molecular weight is 430 g/mol. The van der Waals surface area contributed by atoms with Crippen molar-refractivity contribution in [3.8, 4) is 0 Å². The van der Waals surface area contributed by atoms with E-state index in [2.05, 4.69) is 30.9 Å². The van der Waals surface area contributed by atoms with Crippen molar-refractivity contribution in [3.05, 3.63) is 44.6 Å². The maximum Gasteiger partial charge on any atom is 0.270 e. The van der Waals surface area contributed by atoms with Crippen LogP contribution in [0.1, 0.15) is 20.8 Å². The zero-order valence-electron chi connectivity index (χ0n) is 15.1. The van der Waals surface area contributed by atoms with E-state index in [1.165, 1.54) is 22.5 Å². The van der Waals surface area contributed by atoms with Gasteiger partial charge in [0.1, 0.15) is 0 Å². The number of aryl methyl sites for hydroxylation is 2. The van der Waals surface area contributed by atoms with Crippen molar-refractivity contribution in [2.75, 3.05) is 32.1 Å². The molecular formula is C18H21Cl2N3OS2. The highest BCUT2D eigenvalue weighted by molar-refractivity contribution is 7.22. The van der Waals surface area contributed by atoms with Crippen LogP contribution in [0.15, 0.2) is 24.3 Å². The van der Waals surface area contributed by atoms with E-state index >= 15 is 0 Å². The number of benzene rings is 1. The minimum atomic E-state index is -0.0489. The summed E-state index contributed by atoms with van der Waals surface area (Å²) >= 11 is 8.87. The highest BCUT2D eigenvalue weighted by atomic mass is 35.5. The third-order valence-corrected chi connectivity index (χ3v) is 6.37. The van der Waals surface area contributed by atoms with Crippen LogP contribution >= 0.6 is 46.7 Å². The van der Waals surface area contributed by atoms with Gasteiger partial charge in [-0.25, -0.2) is 4.98 Å². The Hall–Kier alpha value is -1.18. The van der Waals surface area contributed by atoms with E-state index in [4.69, 9.17) is 16.6 Å². The molecule has 3 aromatic rings. The summed E-state index contributed by atoms with van der Waals surface area (Å²) in [6.45, 7) is 5.50. The molecule has 0 radical (unpaired) electrons. The van der Waals surface area contributed by atoms with Gasteiger partial charge in [0.15, 0.2) is 5.13 Å². The second-order valence-corrected chi connectivity index (χ2v) is 8.94. The van der Waals surface area contributed by atoms with Crippen LogP contribution in [0, 0.1) is 13.8 Å². The molecule has 26 heavy (non-hydrogen) atoms. The van der Waals surface area contributed by atoms with Crippen LogP contribution in [0.25, 0.3) is 10.2 Å². The van der Waals surface area contributed by atoms with E-state index in [0.29, 0.717) is 15.8 Å². The maximum atomic E-state index is 13.0. The summed E-state index contributed by atoms with van der Waals surface area (Å²) in [5.41, 5.74) is 3.35. The van der Waals surface area contributed by atoms with Crippen molar-refractivity contribution in [2.24, 2.45) is 0 Å². The van der Waals surface area contributed by atoms with Crippen molar-refractivity contribution >= 4 is 67.9 Å². The fourth-order valence-corrected chi connectivity index (χ4v) is 4.52. The first-order valence-electron chi connectivity index (χ1n) is 7.95. The van der Waals surface area contributed by atoms with Gasteiger partial charge < -0.3 is 4.90 Å². The van der Waals surface area contributed by atoms with Gasteiger partial charge in [-0.1, -0.05) is 29.0 Å². The highest BCUT2D eigenvalue weighted by Crippen LogP contribution is 2.33. The molecule has 2 aromatic heterocycles. The Labute approximate surface area is 172 Å². The molecule has 0 aliphatic rings. The van der Waals surface area contributed by atoms with Crippen molar-refractivity contribution in [2.45, 2.75) is 13.8 Å². The Kier molecular flexibility index (Phi) is 7.05. The number of rotatable bonds is 5. The van der Waals surface area contributed by atoms with Crippen LogP contribution in [0.2, 0.25) is 4.34 Å². The lowest BCUT2D eigenvalue weighted by molar-refractivity contribution is 0.0989. The van der Waals surface area contributed by atoms with Crippen LogP contribution in [-0.4, -0.2) is 43.0 Å². The van der Waals surface area contributed by atoms with Crippen LogP contribution in [0.4, 0.5) is 5.13 Å². The first kappa shape index (κ1) is 21.1. The molecule has 0 atom stereocenters. The van der Waals surface area contributed by atoms with E-state index in [1.807, 2.05) is 14.1 Å². The number of halogens is 2. The van der Waals surface area contributed by atoms with E-state index in [1.54, 1.807) is 28.4 Å². The standard InChI is InChI=1S/C18H20ClN3OS2.ClH/c1-11-5-6-13-16(12(11)2)20-18(25-13)22(10-9-21(3)4)17(23)14-7-8-15(19)24-14;/h5-8H,9-10H2,1-4H3;1H. The minimum absolute atomic E-state index is 0. The van der Waals surface area contributed by atoms with Gasteiger partial charge in [-0.2, -0.15) is 0 Å². The summed E-state index contributed by atoms with van der Waals surface area (Å²) in [5, 5.41) is 0.736. The van der Waals surface area contributed by atoms with Crippen molar-refractivity contribution in [3.63, 3.8) is 0 Å². The van der Waals surface area contributed by atoms with Crippen LogP contribution in [0.3, 0.4) is 0 Å². The normalized spacial score (nSPS) is 11.0. The fourth-order valence-electron chi connectivity index (χ4n) is 2.48. The predicted molar refractivity (Wildman–Crippen MR) is 116 cm³/mol. The molecule has 0 saturated carbocycles. The van der Waals surface area contributed by atoms with E-state index in [0.717, 1.165) is 21.9 Å². The number of anilines is 1. The van der Waals surface area contributed by atoms with E-state index in [9.17, 15) is 4.79 Å². The van der Waals surface area contributed by atoms with E-state index in [-0.39, 0.29) is 18.3 Å². The van der Waals surface area contributed by atoms with Gasteiger partial charge in [-0.15, -0.1) is 23.7 Å². The lowest BCUT2D eigenvalue weighted by Crippen LogP contribution is -2.36. The Morgan fingerprint density at radius 2 is 1.85 bits per heavy atom. The molecule has 0 spiro atoms. The largest absolute Gasteiger partial charge is 0.308 e. The lowest BCUT2D eigenvalue weighted by atomic mass is 10.1. The molecule has 0 fully saturated rings. The number of thiophene rings is 1. The molecule has 0 N–H and O–H groups in total. The Morgan fingerprint density at radius 3 is 2.46 bits per heavy atom. The summed E-state index contributed by atoms with van der Waals surface area (Å²) in [5.74, 6) is -0.0489. The average Bonchev–Trinajstić information content (AvgIpc) is 3.17. The second-order valence-electron chi connectivity index (χ2n) is 6.21. The fraction of sp³-hybridized carbons (Fsp3) is 0.333. The van der Waals surface area contributed by atoms with Crippen molar-refractivity contribution in [1.82, 2.24) is 9.88 Å². The molecular weight excluding hydrogens is 409 g/mol. The molecule has 0 bridgehead atoms. The third kappa shape index (κ3) is 4.38. The Balaban J connectivity index is 0.00000243. The van der Waals surface area contributed by atoms with Gasteiger partial charge >= 0.3 is 0 Å². The number of carbonyl (C=O) groups excluding carboxylic acids is 1. The second kappa shape index (κ2) is 8.67. The lowest BCUT2D eigenvalue weighted by Gasteiger charge is -2.21. The molecule has 0 aliphatic heterocycles. The van der Waals surface area contributed by atoms with Gasteiger partial charge in [0, 0.05) is 13.1 Å².